The van der Waals surface area contributed by atoms with Gasteiger partial charge in [0.25, 0.3) is 5.91 Å². The molecule has 174 valence electrons. The zero-order chi connectivity index (χ0) is 24.2. The number of nitrogens with zero attached hydrogens (tertiary/aromatic N) is 2. The molecule has 1 heterocycles. The van der Waals surface area contributed by atoms with Crippen molar-refractivity contribution in [2.24, 2.45) is 5.92 Å². The lowest BCUT2D eigenvalue weighted by Crippen LogP contribution is -2.36. The van der Waals surface area contributed by atoms with Crippen molar-refractivity contribution in [3.8, 4) is 16.9 Å². The number of benzene rings is 3. The van der Waals surface area contributed by atoms with Crippen molar-refractivity contribution >= 4 is 22.6 Å². The number of fused-ring (bicyclic) bond motifs is 1. The zero-order valence-corrected chi connectivity index (χ0v) is 19.9. The Kier molecular flexibility index (Phi) is 6.77. The second-order valence-electron chi connectivity index (χ2n) is 8.66. The fourth-order valence-electron chi connectivity index (χ4n) is 3.65. The largest absolute Gasteiger partial charge is 0.461 e. The molecule has 0 radical (unpaired) electrons. The lowest BCUT2D eigenvalue weighted by Gasteiger charge is -2.17. The Morgan fingerprint density at radius 3 is 2.32 bits per heavy atom. The van der Waals surface area contributed by atoms with Crippen LogP contribution in [0, 0.1) is 5.92 Å². The van der Waals surface area contributed by atoms with Gasteiger partial charge in [0.1, 0.15) is 0 Å². The summed E-state index contributed by atoms with van der Waals surface area (Å²) in [4.78, 5) is 25.0. The van der Waals surface area contributed by atoms with Crippen LogP contribution < -0.4 is 5.32 Å². The normalized spacial score (nSPS) is 12.0. The van der Waals surface area contributed by atoms with Crippen LogP contribution in [0.2, 0.25) is 0 Å². The molecular formula is C28H29N3O3. The number of esters is 1. The molecular weight excluding hydrogens is 426 g/mol. The SMILES string of the molecule is CCOC(=O)c1cc(-c2ccc3ccccc3c2)n(-c2ccc(C(=O)NC(C)C(C)C)cc2)n1. The molecule has 0 spiro atoms. The molecule has 0 saturated carbocycles. The van der Waals surface area contributed by atoms with E-state index >= 15 is 0 Å². The summed E-state index contributed by atoms with van der Waals surface area (Å²) in [6, 6.07) is 23.3. The lowest BCUT2D eigenvalue weighted by atomic mass is 10.0. The molecule has 34 heavy (non-hydrogen) atoms. The van der Waals surface area contributed by atoms with E-state index in [2.05, 4.69) is 48.5 Å². The molecule has 0 aliphatic heterocycles. The van der Waals surface area contributed by atoms with Crippen molar-refractivity contribution in [2.75, 3.05) is 6.61 Å². The van der Waals surface area contributed by atoms with Crippen LogP contribution in [-0.4, -0.2) is 34.3 Å². The van der Waals surface area contributed by atoms with Crippen molar-refractivity contribution < 1.29 is 14.3 Å². The number of rotatable bonds is 7. The molecule has 4 rings (SSSR count). The molecule has 0 bridgehead atoms. The highest BCUT2D eigenvalue weighted by atomic mass is 16.5. The lowest BCUT2D eigenvalue weighted by molar-refractivity contribution is 0.0518. The van der Waals surface area contributed by atoms with Gasteiger partial charge in [0.05, 0.1) is 18.0 Å². The van der Waals surface area contributed by atoms with Gasteiger partial charge in [0.2, 0.25) is 0 Å². The summed E-state index contributed by atoms with van der Waals surface area (Å²) in [5.74, 6) is -0.241. The van der Waals surface area contributed by atoms with E-state index in [-0.39, 0.29) is 24.2 Å². The fourth-order valence-corrected chi connectivity index (χ4v) is 3.65. The van der Waals surface area contributed by atoms with E-state index in [9.17, 15) is 9.59 Å². The summed E-state index contributed by atoms with van der Waals surface area (Å²) in [6.45, 7) is 8.18. The quantitative estimate of drug-likeness (QED) is 0.366. The number of carbonyl (C=O) groups excluding carboxylic acids is 2. The molecule has 6 nitrogen and oxygen atoms in total. The van der Waals surface area contributed by atoms with Crippen LogP contribution in [0.15, 0.2) is 72.8 Å². The zero-order valence-electron chi connectivity index (χ0n) is 19.9. The predicted molar refractivity (Wildman–Crippen MR) is 134 cm³/mol. The molecule has 0 aliphatic rings. The Hall–Kier alpha value is -3.93. The molecule has 6 heteroatoms. The molecule has 0 aliphatic carbocycles. The molecule has 0 fully saturated rings. The van der Waals surface area contributed by atoms with Crippen LogP contribution in [0.1, 0.15) is 48.5 Å². The van der Waals surface area contributed by atoms with E-state index in [1.807, 2.05) is 37.3 Å². The van der Waals surface area contributed by atoms with Gasteiger partial charge in [0, 0.05) is 17.2 Å². The molecule has 1 N–H and O–H groups in total. The summed E-state index contributed by atoms with van der Waals surface area (Å²) in [5, 5.41) is 9.79. The maximum Gasteiger partial charge on any atom is 0.358 e. The molecule has 4 aromatic rings. The first kappa shape index (κ1) is 23.2. The van der Waals surface area contributed by atoms with E-state index in [1.165, 1.54) is 0 Å². The minimum atomic E-state index is -0.470. The summed E-state index contributed by atoms with van der Waals surface area (Å²) in [6.07, 6.45) is 0. The average Bonchev–Trinajstić information content (AvgIpc) is 3.29. The van der Waals surface area contributed by atoms with Crippen molar-refractivity contribution in [3.63, 3.8) is 0 Å². The van der Waals surface area contributed by atoms with Gasteiger partial charge in [-0.05, 0) is 66.9 Å². The van der Waals surface area contributed by atoms with Gasteiger partial charge in [-0.1, -0.05) is 50.2 Å². The Morgan fingerprint density at radius 2 is 1.65 bits per heavy atom. The van der Waals surface area contributed by atoms with Crippen LogP contribution >= 0.6 is 0 Å². The Balaban J connectivity index is 1.73. The maximum atomic E-state index is 12.6. The summed E-state index contributed by atoms with van der Waals surface area (Å²) in [7, 11) is 0. The van der Waals surface area contributed by atoms with E-state index < -0.39 is 5.97 Å². The van der Waals surface area contributed by atoms with Crippen LogP contribution in [0.5, 0.6) is 0 Å². The number of nitrogens with one attached hydrogen (secondary N) is 1. The van der Waals surface area contributed by atoms with Crippen molar-refractivity contribution in [2.45, 2.75) is 33.7 Å². The molecule has 1 unspecified atom stereocenters. The predicted octanol–water partition coefficient (Wildman–Crippen LogP) is 5.64. The van der Waals surface area contributed by atoms with Crippen LogP contribution in [0.25, 0.3) is 27.7 Å². The second-order valence-corrected chi connectivity index (χ2v) is 8.66. The van der Waals surface area contributed by atoms with Crippen molar-refractivity contribution in [1.82, 2.24) is 15.1 Å². The van der Waals surface area contributed by atoms with Crippen LogP contribution in [-0.2, 0) is 4.74 Å². The third-order valence-electron chi connectivity index (χ3n) is 5.97. The van der Waals surface area contributed by atoms with Gasteiger partial charge < -0.3 is 10.1 Å². The summed E-state index contributed by atoms with van der Waals surface area (Å²) in [5.41, 5.74) is 3.24. The average molecular weight is 456 g/mol. The first-order valence-electron chi connectivity index (χ1n) is 11.5. The van der Waals surface area contributed by atoms with Gasteiger partial charge in [0.15, 0.2) is 5.69 Å². The number of carbonyl (C=O) groups is 2. The van der Waals surface area contributed by atoms with Crippen molar-refractivity contribution in [3.05, 3.63) is 84.1 Å². The van der Waals surface area contributed by atoms with Gasteiger partial charge in [-0.15, -0.1) is 0 Å². The first-order valence-corrected chi connectivity index (χ1v) is 11.5. The molecule has 0 saturated heterocycles. The highest BCUT2D eigenvalue weighted by Crippen LogP contribution is 2.28. The first-order chi connectivity index (χ1) is 16.4. The highest BCUT2D eigenvalue weighted by molar-refractivity contribution is 5.95. The number of hydrogen-bond acceptors (Lipinski definition) is 4. The minimum Gasteiger partial charge on any atom is -0.461 e. The molecule has 1 aromatic heterocycles. The fraction of sp³-hybridized carbons (Fsp3) is 0.250. The van der Waals surface area contributed by atoms with E-state index in [0.29, 0.717) is 11.5 Å². The van der Waals surface area contributed by atoms with E-state index in [1.54, 1.807) is 29.8 Å². The Labute approximate surface area is 199 Å². The van der Waals surface area contributed by atoms with Crippen molar-refractivity contribution in [1.29, 1.82) is 0 Å². The van der Waals surface area contributed by atoms with Crippen LogP contribution in [0.4, 0.5) is 0 Å². The smallest absolute Gasteiger partial charge is 0.358 e. The minimum absolute atomic E-state index is 0.0740. The third kappa shape index (κ3) is 4.86. The number of aromatic nitrogens is 2. The maximum absolute atomic E-state index is 12.6. The molecule has 3 aromatic carbocycles. The highest BCUT2D eigenvalue weighted by Gasteiger charge is 2.19. The van der Waals surface area contributed by atoms with Gasteiger partial charge >= 0.3 is 5.97 Å². The monoisotopic (exact) mass is 455 g/mol. The standard InChI is InChI=1S/C28H29N3O3/c1-5-34-28(33)25-17-26(23-11-10-20-8-6-7-9-22(20)16-23)31(30-25)24-14-12-21(13-15-24)27(32)29-19(4)18(2)3/h6-19H,5H2,1-4H3,(H,29,32). The number of hydrogen-bond donors (Lipinski definition) is 1. The Bertz CT molecular complexity index is 1320. The van der Waals surface area contributed by atoms with Crippen LogP contribution in [0.3, 0.4) is 0 Å². The third-order valence-corrected chi connectivity index (χ3v) is 5.97. The Morgan fingerprint density at radius 1 is 0.941 bits per heavy atom. The van der Waals surface area contributed by atoms with E-state index in [0.717, 1.165) is 27.7 Å². The van der Waals surface area contributed by atoms with Gasteiger partial charge in [-0.3, -0.25) is 4.79 Å². The van der Waals surface area contributed by atoms with Gasteiger partial charge in [-0.2, -0.15) is 5.10 Å². The van der Waals surface area contributed by atoms with Gasteiger partial charge in [-0.25, -0.2) is 9.48 Å². The molecule has 1 amide bonds. The molecule has 1 atom stereocenters. The second kappa shape index (κ2) is 9.91. The summed E-state index contributed by atoms with van der Waals surface area (Å²) < 4.78 is 6.89. The topological polar surface area (TPSA) is 73.2 Å². The number of ether oxygens (including phenoxy) is 1. The number of amides is 1. The summed E-state index contributed by atoms with van der Waals surface area (Å²) >= 11 is 0. The van der Waals surface area contributed by atoms with E-state index in [4.69, 9.17) is 4.74 Å².